The van der Waals surface area contributed by atoms with Crippen molar-refractivity contribution in [1.82, 2.24) is 9.55 Å². The summed E-state index contributed by atoms with van der Waals surface area (Å²) < 4.78 is 46.1. The van der Waals surface area contributed by atoms with Crippen molar-refractivity contribution in [2.45, 2.75) is 45.3 Å². The molecule has 2 aromatic heterocycles. The van der Waals surface area contributed by atoms with Crippen molar-refractivity contribution in [1.29, 1.82) is 0 Å². The number of hydrogen-bond acceptors (Lipinski definition) is 9. The topological polar surface area (TPSA) is 124 Å². The Balaban J connectivity index is 1.12. The first-order valence-corrected chi connectivity index (χ1v) is 18.8. The van der Waals surface area contributed by atoms with Crippen LogP contribution in [0.3, 0.4) is 0 Å². The van der Waals surface area contributed by atoms with Crippen LogP contribution in [0, 0.1) is 11.7 Å². The molecule has 0 amide bonds. The minimum absolute atomic E-state index is 0.0814. The van der Waals surface area contributed by atoms with Gasteiger partial charge in [-0.3, -0.25) is 9.59 Å². The Kier molecular flexibility index (Phi) is 12.0. The first kappa shape index (κ1) is 37.9. The summed E-state index contributed by atoms with van der Waals surface area (Å²) in [6, 6.07) is 19.7. The number of carbonyl (C=O) groups excluding carboxylic acids is 1. The Hall–Kier alpha value is -5.36. The summed E-state index contributed by atoms with van der Waals surface area (Å²) in [4.78, 5) is 32.1. The number of methoxy groups -OCH3 is 1. The molecule has 0 spiro atoms. The van der Waals surface area contributed by atoms with E-state index in [-0.39, 0.29) is 40.7 Å². The number of nitrogen functional groups attached to an aromatic ring is 1. The predicted octanol–water partition coefficient (Wildman–Crippen LogP) is 7.18. The van der Waals surface area contributed by atoms with E-state index in [1.165, 1.54) is 6.07 Å². The highest BCUT2D eigenvalue weighted by Gasteiger charge is 2.22. The number of Topliss-reactive ketones (excluding diaryl/α,β-unsaturated/α-hetero) is 1. The Labute approximate surface area is 320 Å². The number of nitrogens with two attached hydrogens (primary N) is 1. The maximum absolute atomic E-state index is 15.9. The molecular formula is C44H46FN3O7. The van der Waals surface area contributed by atoms with Crippen LogP contribution < -0.4 is 20.6 Å². The minimum Gasteiger partial charge on any atom is -0.493 e. The third kappa shape index (κ3) is 8.96. The number of carbonyl (C=O) groups is 1. The van der Waals surface area contributed by atoms with Crippen LogP contribution in [0.1, 0.15) is 41.3 Å². The molecule has 4 heterocycles. The molecule has 0 bridgehead atoms. The van der Waals surface area contributed by atoms with Crippen LogP contribution in [0.15, 0.2) is 90.1 Å². The maximum Gasteiger partial charge on any atom is 0.200 e. The van der Waals surface area contributed by atoms with Gasteiger partial charge in [-0.1, -0.05) is 49.4 Å². The smallest absolute Gasteiger partial charge is 0.200 e. The van der Waals surface area contributed by atoms with E-state index in [1.807, 2.05) is 47.2 Å². The first-order chi connectivity index (χ1) is 26.8. The van der Waals surface area contributed by atoms with Crippen molar-refractivity contribution in [2.75, 3.05) is 52.5 Å². The summed E-state index contributed by atoms with van der Waals surface area (Å²) in [7, 11) is 1.56. The largest absolute Gasteiger partial charge is 0.493 e. The number of ether oxygens (including phenoxy) is 5. The summed E-state index contributed by atoms with van der Waals surface area (Å²) in [6.07, 6.45) is 7.50. The SMILES string of the molecule is CCc1ccc(-c2cn(CC3CCOCC3)cc(C(=O)Cc3ccc(-c4cc(-c5ccc(OC[C@H]6COCCO6)c(OC)c5)cnc4N)c(F)c3)c2=O)cc1. The van der Waals surface area contributed by atoms with E-state index in [4.69, 9.17) is 29.4 Å². The summed E-state index contributed by atoms with van der Waals surface area (Å²) >= 11 is 0. The molecule has 10 nitrogen and oxygen atoms in total. The summed E-state index contributed by atoms with van der Waals surface area (Å²) in [5.41, 5.74) is 10.9. The van der Waals surface area contributed by atoms with Gasteiger partial charge in [0, 0.05) is 67.0 Å². The number of hydrogen-bond donors (Lipinski definition) is 1. The molecule has 2 aliphatic heterocycles. The fraction of sp³-hybridized carbons (Fsp3) is 0.341. The van der Waals surface area contributed by atoms with Gasteiger partial charge in [-0.05, 0) is 71.7 Å². The third-order valence-corrected chi connectivity index (χ3v) is 10.3. The van der Waals surface area contributed by atoms with E-state index < -0.39 is 5.82 Å². The number of ketones is 1. The molecule has 0 saturated carbocycles. The van der Waals surface area contributed by atoms with E-state index in [2.05, 4.69) is 11.9 Å². The van der Waals surface area contributed by atoms with Crippen molar-refractivity contribution < 1.29 is 32.9 Å². The lowest BCUT2D eigenvalue weighted by Crippen LogP contribution is -2.33. The predicted molar refractivity (Wildman–Crippen MR) is 209 cm³/mol. The summed E-state index contributed by atoms with van der Waals surface area (Å²) in [5, 5.41) is 0. The number of aromatic nitrogens is 2. The van der Waals surface area contributed by atoms with E-state index in [1.54, 1.807) is 43.8 Å². The van der Waals surface area contributed by atoms with Crippen LogP contribution in [-0.2, 0) is 33.6 Å². The minimum atomic E-state index is -0.562. The van der Waals surface area contributed by atoms with Crippen molar-refractivity contribution in [3.8, 4) is 44.9 Å². The number of anilines is 1. The van der Waals surface area contributed by atoms with Crippen molar-refractivity contribution >= 4 is 11.6 Å². The molecule has 11 heteroatoms. The van der Waals surface area contributed by atoms with Crippen LogP contribution in [0.5, 0.6) is 11.5 Å². The third-order valence-electron chi connectivity index (χ3n) is 10.3. The average molecular weight is 748 g/mol. The van der Waals surface area contributed by atoms with Gasteiger partial charge in [-0.2, -0.15) is 0 Å². The van der Waals surface area contributed by atoms with E-state index in [9.17, 15) is 9.59 Å². The molecule has 0 unspecified atom stereocenters. The number of aryl methyl sites for hydroxylation is 1. The number of rotatable bonds is 13. The summed E-state index contributed by atoms with van der Waals surface area (Å²) in [6.45, 7) is 6.02. The number of benzene rings is 3. The standard InChI is InChI=1S/C44H46FN3O7/c1-3-28-4-7-31(8-5-28)37-24-48(23-29-12-14-52-15-13-29)25-38(43(37)50)40(49)19-30-6-10-35(39(45)18-30)36-20-33(22-47-44(36)46)32-9-11-41(42(21-32)51-2)55-27-34-26-53-16-17-54-34/h4-11,18,20-22,24-25,29,34H,3,12-17,19,23,26-27H2,1-2H3,(H2,46,47)/t34-/m1/s1. The van der Waals surface area contributed by atoms with E-state index in [0.29, 0.717) is 85.9 Å². The lowest BCUT2D eigenvalue weighted by molar-refractivity contribution is -0.101. The van der Waals surface area contributed by atoms with Crippen molar-refractivity contribution in [2.24, 2.45) is 5.92 Å². The number of nitrogens with zero attached hydrogens (tertiary/aromatic N) is 2. The maximum atomic E-state index is 15.9. The zero-order chi connectivity index (χ0) is 38.3. The molecule has 7 rings (SSSR count). The van der Waals surface area contributed by atoms with Gasteiger partial charge in [0.25, 0.3) is 0 Å². The summed E-state index contributed by atoms with van der Waals surface area (Å²) in [5.74, 6) is 0.650. The monoisotopic (exact) mass is 747 g/mol. The number of halogens is 1. The van der Waals surface area contributed by atoms with E-state index in [0.717, 1.165) is 36.0 Å². The lowest BCUT2D eigenvalue weighted by atomic mass is 9.96. The molecule has 1 atom stereocenters. The fourth-order valence-corrected chi connectivity index (χ4v) is 7.09. The van der Waals surface area contributed by atoms with Gasteiger partial charge in [0.15, 0.2) is 22.7 Å². The lowest BCUT2D eigenvalue weighted by Gasteiger charge is -2.23. The molecule has 0 aliphatic carbocycles. The van der Waals surface area contributed by atoms with Gasteiger partial charge in [-0.15, -0.1) is 0 Å². The Bertz CT molecular complexity index is 2190. The van der Waals surface area contributed by atoms with Crippen LogP contribution >= 0.6 is 0 Å². The normalized spacial score (nSPS) is 16.2. The molecule has 286 valence electrons. The second-order valence-corrected chi connectivity index (χ2v) is 14.0. The van der Waals surface area contributed by atoms with Gasteiger partial charge in [0.2, 0.25) is 0 Å². The van der Waals surface area contributed by atoms with Gasteiger partial charge >= 0.3 is 0 Å². The van der Waals surface area contributed by atoms with Gasteiger partial charge in [0.1, 0.15) is 24.3 Å². The van der Waals surface area contributed by atoms with Crippen LogP contribution in [-0.4, -0.2) is 68.2 Å². The van der Waals surface area contributed by atoms with Crippen molar-refractivity contribution in [3.63, 3.8) is 0 Å². The molecule has 0 radical (unpaired) electrons. The molecule has 2 fully saturated rings. The van der Waals surface area contributed by atoms with Crippen LogP contribution in [0.2, 0.25) is 0 Å². The molecule has 5 aromatic rings. The molecule has 55 heavy (non-hydrogen) atoms. The van der Waals surface area contributed by atoms with Gasteiger partial charge < -0.3 is 34.0 Å². The Morgan fingerprint density at radius 3 is 2.38 bits per heavy atom. The quantitative estimate of drug-likeness (QED) is 0.125. The highest BCUT2D eigenvalue weighted by molar-refractivity contribution is 5.98. The second-order valence-electron chi connectivity index (χ2n) is 14.0. The Morgan fingerprint density at radius 1 is 0.873 bits per heavy atom. The molecule has 3 aromatic carbocycles. The zero-order valence-corrected chi connectivity index (χ0v) is 31.2. The molecule has 2 aliphatic rings. The Morgan fingerprint density at radius 2 is 1.65 bits per heavy atom. The average Bonchev–Trinajstić information content (AvgIpc) is 3.22. The highest BCUT2D eigenvalue weighted by atomic mass is 19.1. The van der Waals surface area contributed by atoms with Crippen LogP contribution in [0.25, 0.3) is 33.4 Å². The molecular weight excluding hydrogens is 701 g/mol. The van der Waals surface area contributed by atoms with Crippen LogP contribution in [0.4, 0.5) is 10.2 Å². The fourth-order valence-electron chi connectivity index (χ4n) is 7.09. The van der Waals surface area contributed by atoms with E-state index >= 15 is 4.39 Å². The molecule has 2 N–H and O–H groups in total. The first-order valence-electron chi connectivity index (χ1n) is 18.8. The van der Waals surface area contributed by atoms with Gasteiger partial charge in [0.05, 0.1) is 32.5 Å². The number of pyridine rings is 2. The van der Waals surface area contributed by atoms with Gasteiger partial charge in [-0.25, -0.2) is 9.37 Å². The molecule has 2 saturated heterocycles. The van der Waals surface area contributed by atoms with Crippen molar-refractivity contribution in [3.05, 3.63) is 118 Å². The second kappa shape index (κ2) is 17.4. The zero-order valence-electron chi connectivity index (χ0n) is 31.2. The highest BCUT2D eigenvalue weighted by Crippen LogP contribution is 2.36.